The summed E-state index contributed by atoms with van der Waals surface area (Å²) in [4.78, 5) is 22.4. The maximum atomic E-state index is 12.1. The van der Waals surface area contributed by atoms with E-state index >= 15 is 0 Å². The molecule has 1 heterocycles. The van der Waals surface area contributed by atoms with Crippen molar-refractivity contribution in [2.75, 3.05) is 6.54 Å². The molecular weight excluding hydrogens is 328 g/mol. The average Bonchev–Trinajstić information content (AvgIpc) is 2.93. The lowest BCUT2D eigenvalue weighted by atomic mass is 10.1. The van der Waals surface area contributed by atoms with Crippen LogP contribution in [-0.2, 0) is 0 Å². The smallest absolute Gasteiger partial charge is 0.322 e. The van der Waals surface area contributed by atoms with E-state index < -0.39 is 16.9 Å². The maximum absolute atomic E-state index is 12.1. The van der Waals surface area contributed by atoms with Crippen molar-refractivity contribution in [3.63, 3.8) is 0 Å². The Morgan fingerprint density at radius 2 is 2.20 bits per heavy atom. The third kappa shape index (κ3) is 4.54. The van der Waals surface area contributed by atoms with E-state index in [0.717, 1.165) is 0 Å². The molecule has 0 aliphatic rings. The molecule has 9 heteroatoms. The highest BCUT2D eigenvalue weighted by Crippen LogP contribution is 2.22. The summed E-state index contributed by atoms with van der Waals surface area (Å²) >= 11 is 0. The average molecular weight is 348 g/mol. The molecule has 1 unspecified atom stereocenters. The third-order valence-electron chi connectivity index (χ3n) is 3.38. The van der Waals surface area contributed by atoms with Crippen LogP contribution in [0.15, 0.2) is 24.3 Å². The Kier molecular flexibility index (Phi) is 5.71. The highest BCUT2D eigenvalue weighted by Gasteiger charge is 2.27. The van der Waals surface area contributed by atoms with Gasteiger partial charge in [-0.15, -0.1) is 0 Å². The second kappa shape index (κ2) is 7.75. The second-order valence-electron chi connectivity index (χ2n) is 5.77. The molecule has 0 fully saturated rings. The molecule has 134 valence electrons. The third-order valence-corrected chi connectivity index (χ3v) is 3.38. The molecule has 0 saturated carbocycles. The van der Waals surface area contributed by atoms with Crippen LogP contribution < -0.4 is 10.1 Å². The van der Waals surface area contributed by atoms with E-state index in [9.17, 15) is 20.0 Å². The van der Waals surface area contributed by atoms with E-state index in [4.69, 9.17) is 4.74 Å². The molecule has 0 spiro atoms. The van der Waals surface area contributed by atoms with Gasteiger partial charge in [0.1, 0.15) is 11.4 Å². The highest BCUT2D eigenvalue weighted by atomic mass is 16.6. The maximum Gasteiger partial charge on any atom is 0.322 e. The van der Waals surface area contributed by atoms with Crippen LogP contribution in [0.3, 0.4) is 0 Å². The number of nitrogens with zero attached hydrogens (tertiary/aromatic N) is 2. The SMILES string of the molecule is Cc1[nH]nc(C(=O)NCC(O)c2cccc(OC(C)C)c2)c1[N+](=O)[O-]. The lowest BCUT2D eigenvalue weighted by Crippen LogP contribution is -2.29. The van der Waals surface area contributed by atoms with Gasteiger partial charge in [-0.05, 0) is 38.5 Å². The molecule has 0 saturated heterocycles. The second-order valence-corrected chi connectivity index (χ2v) is 5.77. The molecule has 9 nitrogen and oxygen atoms in total. The van der Waals surface area contributed by atoms with Crippen molar-refractivity contribution in [3.05, 3.63) is 51.3 Å². The zero-order valence-corrected chi connectivity index (χ0v) is 14.1. The van der Waals surface area contributed by atoms with E-state index in [1.54, 1.807) is 24.3 Å². The summed E-state index contributed by atoms with van der Waals surface area (Å²) in [5.41, 5.74) is 0.0614. The van der Waals surface area contributed by atoms with Crippen LogP contribution in [0, 0.1) is 17.0 Å². The van der Waals surface area contributed by atoms with Gasteiger partial charge >= 0.3 is 5.69 Å². The molecule has 1 atom stereocenters. The number of carbonyl (C=O) groups is 1. The van der Waals surface area contributed by atoms with Gasteiger partial charge in [-0.2, -0.15) is 5.10 Å². The van der Waals surface area contributed by atoms with Crippen LogP contribution in [0.25, 0.3) is 0 Å². The van der Waals surface area contributed by atoms with Crippen LogP contribution in [0.4, 0.5) is 5.69 Å². The number of aryl methyl sites for hydroxylation is 1. The van der Waals surface area contributed by atoms with Gasteiger partial charge in [0.2, 0.25) is 5.69 Å². The number of aromatic amines is 1. The summed E-state index contributed by atoms with van der Waals surface area (Å²) < 4.78 is 5.56. The summed E-state index contributed by atoms with van der Waals surface area (Å²) in [5.74, 6) is -0.124. The topological polar surface area (TPSA) is 130 Å². The predicted octanol–water partition coefficient (Wildman–Crippen LogP) is 1.88. The number of nitrogens with one attached hydrogen (secondary N) is 2. The van der Waals surface area contributed by atoms with Gasteiger partial charge in [0.25, 0.3) is 5.91 Å². The van der Waals surface area contributed by atoms with Gasteiger partial charge in [-0.1, -0.05) is 12.1 Å². The molecule has 25 heavy (non-hydrogen) atoms. The number of hydrogen-bond donors (Lipinski definition) is 3. The highest BCUT2D eigenvalue weighted by molar-refractivity contribution is 5.96. The number of benzene rings is 1. The summed E-state index contributed by atoms with van der Waals surface area (Å²) in [5, 5.41) is 29.7. The van der Waals surface area contributed by atoms with Gasteiger partial charge in [0.15, 0.2) is 0 Å². The number of carbonyl (C=O) groups excluding carboxylic acids is 1. The molecule has 1 aromatic heterocycles. The number of aliphatic hydroxyl groups is 1. The van der Waals surface area contributed by atoms with Crippen molar-refractivity contribution in [2.45, 2.75) is 33.0 Å². The lowest BCUT2D eigenvalue weighted by Gasteiger charge is -2.14. The number of nitro groups is 1. The zero-order valence-electron chi connectivity index (χ0n) is 14.1. The van der Waals surface area contributed by atoms with Crippen molar-refractivity contribution in [1.82, 2.24) is 15.5 Å². The Balaban J connectivity index is 2.04. The molecule has 0 aliphatic carbocycles. The zero-order chi connectivity index (χ0) is 18.6. The first-order valence-corrected chi connectivity index (χ1v) is 7.71. The first-order chi connectivity index (χ1) is 11.8. The number of ether oxygens (including phenoxy) is 1. The van der Waals surface area contributed by atoms with Crippen LogP contribution in [-0.4, -0.2) is 38.8 Å². The number of H-pyrrole nitrogens is 1. The molecule has 1 amide bonds. The number of aromatic nitrogens is 2. The summed E-state index contributed by atoms with van der Waals surface area (Å²) in [7, 11) is 0. The largest absolute Gasteiger partial charge is 0.491 e. The first-order valence-electron chi connectivity index (χ1n) is 7.71. The number of aliphatic hydroxyl groups excluding tert-OH is 1. The summed E-state index contributed by atoms with van der Waals surface area (Å²) in [6.45, 7) is 5.12. The Morgan fingerprint density at radius 1 is 1.48 bits per heavy atom. The Hall–Kier alpha value is -2.94. The first kappa shape index (κ1) is 18.4. The van der Waals surface area contributed by atoms with Crippen LogP contribution >= 0.6 is 0 Å². The number of rotatable bonds is 7. The van der Waals surface area contributed by atoms with Gasteiger partial charge in [0, 0.05) is 6.54 Å². The number of hydrogen-bond acceptors (Lipinski definition) is 6. The predicted molar refractivity (Wildman–Crippen MR) is 89.5 cm³/mol. The van der Waals surface area contributed by atoms with Crippen molar-refractivity contribution >= 4 is 11.6 Å². The molecule has 2 rings (SSSR count). The van der Waals surface area contributed by atoms with Crippen molar-refractivity contribution in [3.8, 4) is 5.75 Å². The molecule has 0 aliphatic heterocycles. The van der Waals surface area contributed by atoms with E-state index in [-0.39, 0.29) is 29.7 Å². The number of amides is 1. The molecule has 2 aromatic rings. The monoisotopic (exact) mass is 348 g/mol. The lowest BCUT2D eigenvalue weighted by molar-refractivity contribution is -0.385. The fraction of sp³-hybridized carbons (Fsp3) is 0.375. The standard InChI is InChI=1S/C16H20N4O5/c1-9(2)25-12-6-4-5-11(7-12)13(21)8-17-16(22)14-15(20(23)24)10(3)18-19-14/h4-7,9,13,21H,8H2,1-3H3,(H,17,22)(H,18,19). The molecule has 0 bridgehead atoms. The Morgan fingerprint density at radius 3 is 2.84 bits per heavy atom. The minimum atomic E-state index is -0.987. The summed E-state index contributed by atoms with van der Waals surface area (Å²) in [6, 6.07) is 6.88. The van der Waals surface area contributed by atoms with Crippen LogP contribution in [0.5, 0.6) is 5.75 Å². The Bertz CT molecular complexity index is 772. The van der Waals surface area contributed by atoms with Crippen molar-refractivity contribution < 1.29 is 19.6 Å². The van der Waals surface area contributed by atoms with E-state index in [1.165, 1.54) is 6.92 Å². The van der Waals surface area contributed by atoms with Gasteiger partial charge in [0.05, 0.1) is 17.1 Å². The van der Waals surface area contributed by atoms with Crippen LogP contribution in [0.2, 0.25) is 0 Å². The normalized spacial score (nSPS) is 12.0. The Labute approximate surface area is 144 Å². The van der Waals surface area contributed by atoms with Gasteiger partial charge < -0.3 is 15.2 Å². The molecule has 0 radical (unpaired) electrons. The minimum Gasteiger partial charge on any atom is -0.491 e. The summed E-state index contributed by atoms with van der Waals surface area (Å²) in [6.07, 6.45) is -0.991. The van der Waals surface area contributed by atoms with Crippen molar-refractivity contribution in [2.24, 2.45) is 0 Å². The fourth-order valence-electron chi connectivity index (χ4n) is 2.26. The van der Waals surface area contributed by atoms with Crippen molar-refractivity contribution in [1.29, 1.82) is 0 Å². The van der Waals surface area contributed by atoms with E-state index in [1.807, 2.05) is 13.8 Å². The quantitative estimate of drug-likeness (QED) is 0.517. The van der Waals surface area contributed by atoms with E-state index in [2.05, 4.69) is 15.5 Å². The fourth-order valence-corrected chi connectivity index (χ4v) is 2.26. The van der Waals surface area contributed by atoms with E-state index in [0.29, 0.717) is 11.3 Å². The molecule has 1 aromatic carbocycles. The molecule has 3 N–H and O–H groups in total. The minimum absolute atomic E-state index is 0.00412. The van der Waals surface area contributed by atoms with Gasteiger partial charge in [-0.25, -0.2) is 0 Å². The van der Waals surface area contributed by atoms with Gasteiger partial charge in [-0.3, -0.25) is 20.0 Å². The van der Waals surface area contributed by atoms with Crippen LogP contribution in [0.1, 0.15) is 41.7 Å². The molecular formula is C16H20N4O5.